The van der Waals surface area contributed by atoms with E-state index < -0.39 is 12.3 Å². The number of carbonyl (C=O) groups is 2. The van der Waals surface area contributed by atoms with E-state index in [0.717, 1.165) is 24.3 Å². The fraction of sp³-hybridized carbons (Fsp3) is 0.517. The number of ether oxygens (including phenoxy) is 2. The Morgan fingerprint density at radius 1 is 1.05 bits per heavy atom. The normalized spacial score (nSPS) is 21.4. The first-order chi connectivity index (χ1) is 18.4. The van der Waals surface area contributed by atoms with Gasteiger partial charge in [0.25, 0.3) is 0 Å². The number of carbonyl (C=O) groups excluding carboxylic acids is 1. The number of nitrogens with zero attached hydrogens (tertiary/aromatic N) is 1. The van der Waals surface area contributed by atoms with Crippen LogP contribution in [0.5, 0.6) is 11.5 Å². The first kappa shape index (κ1) is 28.6. The van der Waals surface area contributed by atoms with E-state index in [1.54, 1.807) is 17.0 Å². The molecule has 0 radical (unpaired) electrons. The van der Waals surface area contributed by atoms with E-state index in [-0.39, 0.29) is 23.6 Å². The molecule has 3 unspecified atom stereocenters. The first-order valence-electron chi connectivity index (χ1n) is 13.3. The highest BCUT2D eigenvalue weighted by molar-refractivity contribution is 5.89. The van der Waals surface area contributed by atoms with Crippen LogP contribution in [0.2, 0.25) is 0 Å². The molecule has 212 valence electrons. The maximum absolute atomic E-state index is 13.4. The average molecular weight is 549 g/mol. The van der Waals surface area contributed by atoms with Crippen molar-refractivity contribution in [2.75, 3.05) is 18.5 Å². The zero-order chi connectivity index (χ0) is 28.2. The number of anilines is 1. The van der Waals surface area contributed by atoms with Gasteiger partial charge in [-0.15, -0.1) is 13.2 Å². The topological polar surface area (TPSA) is 88.1 Å². The zero-order valence-electron chi connectivity index (χ0n) is 22.2. The number of aliphatic carboxylic acids is 1. The predicted molar refractivity (Wildman–Crippen MR) is 139 cm³/mol. The van der Waals surface area contributed by atoms with Gasteiger partial charge in [-0.05, 0) is 90.8 Å². The number of nitrogens with one attached hydrogen (secondary N) is 1. The smallest absolute Gasteiger partial charge is 0.494 e. The minimum absolute atomic E-state index is 0.0416. The minimum atomic E-state index is -4.78. The van der Waals surface area contributed by atoms with Crippen molar-refractivity contribution in [3.63, 3.8) is 0 Å². The third kappa shape index (κ3) is 7.58. The second-order valence-corrected chi connectivity index (χ2v) is 11.1. The van der Waals surface area contributed by atoms with Crippen molar-refractivity contribution in [3.05, 3.63) is 54.1 Å². The van der Waals surface area contributed by atoms with Crippen LogP contribution < -0.4 is 14.8 Å². The molecule has 2 amide bonds. The summed E-state index contributed by atoms with van der Waals surface area (Å²) in [7, 11) is 0. The molecule has 3 aliphatic rings. The fourth-order valence-electron chi connectivity index (χ4n) is 5.95. The number of halogens is 3. The molecule has 3 fully saturated rings. The van der Waals surface area contributed by atoms with Gasteiger partial charge in [0.15, 0.2) is 0 Å². The Kier molecular flexibility index (Phi) is 8.61. The Bertz CT molecular complexity index is 1130. The summed E-state index contributed by atoms with van der Waals surface area (Å²) < 4.78 is 47.0. The van der Waals surface area contributed by atoms with Crippen LogP contribution in [0, 0.1) is 23.2 Å². The third-order valence-corrected chi connectivity index (χ3v) is 8.18. The lowest BCUT2D eigenvalue weighted by molar-refractivity contribution is -0.274. The van der Waals surface area contributed by atoms with Crippen molar-refractivity contribution in [3.8, 4) is 11.5 Å². The molecule has 3 aliphatic carbocycles. The van der Waals surface area contributed by atoms with Gasteiger partial charge in [-0.1, -0.05) is 26.0 Å². The highest BCUT2D eigenvalue weighted by atomic mass is 19.4. The molecule has 2 bridgehead atoms. The molecule has 0 aromatic heterocycles. The summed E-state index contributed by atoms with van der Waals surface area (Å²) in [5, 5.41) is 11.6. The van der Waals surface area contributed by atoms with Gasteiger partial charge in [0.05, 0.1) is 6.61 Å². The largest absolute Gasteiger partial charge is 0.573 e. The van der Waals surface area contributed by atoms with Gasteiger partial charge >= 0.3 is 18.4 Å². The Hall–Kier alpha value is -3.43. The molecule has 0 heterocycles. The van der Waals surface area contributed by atoms with E-state index >= 15 is 0 Å². The van der Waals surface area contributed by atoms with Crippen LogP contribution in [-0.4, -0.2) is 41.5 Å². The number of carboxylic acids is 1. The summed E-state index contributed by atoms with van der Waals surface area (Å²) in [6.45, 7) is 5.85. The molecule has 2 N–H and O–H groups in total. The van der Waals surface area contributed by atoms with Gasteiger partial charge in [0.2, 0.25) is 0 Å². The van der Waals surface area contributed by atoms with E-state index in [0.29, 0.717) is 49.4 Å². The number of amides is 2. The number of alkyl halides is 3. The molecule has 3 saturated carbocycles. The van der Waals surface area contributed by atoms with Crippen LogP contribution in [0.4, 0.5) is 23.7 Å². The summed E-state index contributed by atoms with van der Waals surface area (Å²) in [4.78, 5) is 25.8. The summed E-state index contributed by atoms with van der Waals surface area (Å²) in [6, 6.07) is 12.1. The molecule has 5 rings (SSSR count). The number of hydrogen-bond donors (Lipinski definition) is 2. The molecule has 0 spiro atoms. The van der Waals surface area contributed by atoms with Crippen LogP contribution in [-0.2, 0) is 11.3 Å². The summed E-state index contributed by atoms with van der Waals surface area (Å²) in [5.74, 6) is 1.06. The Morgan fingerprint density at radius 3 is 2.31 bits per heavy atom. The summed E-state index contributed by atoms with van der Waals surface area (Å²) >= 11 is 0. The second-order valence-electron chi connectivity index (χ2n) is 11.1. The monoisotopic (exact) mass is 548 g/mol. The highest BCUT2D eigenvalue weighted by Crippen LogP contribution is 2.61. The van der Waals surface area contributed by atoms with E-state index in [2.05, 4.69) is 23.9 Å². The first-order valence-corrected chi connectivity index (χ1v) is 13.3. The van der Waals surface area contributed by atoms with E-state index in [1.165, 1.54) is 30.7 Å². The van der Waals surface area contributed by atoms with Crippen molar-refractivity contribution in [1.82, 2.24) is 4.90 Å². The van der Waals surface area contributed by atoms with Crippen molar-refractivity contribution in [2.45, 2.75) is 58.9 Å². The lowest BCUT2D eigenvalue weighted by atomic mass is 9.45. The highest BCUT2D eigenvalue weighted by Gasteiger charge is 2.54. The van der Waals surface area contributed by atoms with Gasteiger partial charge in [0, 0.05) is 25.2 Å². The third-order valence-electron chi connectivity index (χ3n) is 8.18. The summed E-state index contributed by atoms with van der Waals surface area (Å²) in [6.07, 6.45) is -0.933. The molecular formula is C29H35F3N2O5. The number of rotatable bonds is 11. The molecular weight excluding hydrogens is 513 g/mol. The quantitative estimate of drug-likeness (QED) is 0.297. The van der Waals surface area contributed by atoms with Crippen LogP contribution in [0.15, 0.2) is 48.5 Å². The van der Waals surface area contributed by atoms with E-state index in [1.807, 2.05) is 12.1 Å². The van der Waals surface area contributed by atoms with Gasteiger partial charge < -0.3 is 24.8 Å². The maximum Gasteiger partial charge on any atom is 0.573 e. The van der Waals surface area contributed by atoms with E-state index in [9.17, 15) is 22.8 Å². The summed E-state index contributed by atoms with van der Waals surface area (Å²) in [5.41, 5.74) is 1.54. The number of fused-ring (bicyclic) bond motifs is 2. The van der Waals surface area contributed by atoms with Crippen molar-refractivity contribution >= 4 is 17.7 Å². The molecule has 3 atom stereocenters. The number of urea groups is 1. The van der Waals surface area contributed by atoms with Crippen LogP contribution in [0.1, 0.15) is 51.5 Å². The molecule has 2 aromatic rings. The molecule has 39 heavy (non-hydrogen) atoms. The maximum atomic E-state index is 13.4. The van der Waals surface area contributed by atoms with Crippen LogP contribution >= 0.6 is 0 Å². The SMILES string of the molecule is CC1(C)C2CCC(CN(Cc3ccc(OCCCC(=O)O)cc3)C(=O)Nc3ccc(OC(F)(F)F)cc3)C1C2. The second kappa shape index (κ2) is 11.8. The molecule has 0 saturated heterocycles. The Morgan fingerprint density at radius 2 is 1.72 bits per heavy atom. The van der Waals surface area contributed by atoms with Crippen LogP contribution in [0.25, 0.3) is 0 Å². The predicted octanol–water partition coefficient (Wildman–Crippen LogP) is 6.94. The Labute approximate surface area is 226 Å². The fourth-order valence-corrected chi connectivity index (χ4v) is 5.95. The lowest BCUT2D eigenvalue weighted by Gasteiger charge is -2.60. The average Bonchev–Trinajstić information content (AvgIpc) is 2.87. The number of carboxylic acid groups (broad SMARTS) is 1. The molecule has 2 aromatic carbocycles. The lowest BCUT2D eigenvalue weighted by Crippen LogP contribution is -2.55. The minimum Gasteiger partial charge on any atom is -0.494 e. The number of benzene rings is 2. The van der Waals surface area contributed by atoms with Crippen molar-refractivity contribution in [1.29, 1.82) is 0 Å². The standard InChI is InChI=1S/C29H35F3N2O5/c1-28(2)21-8-7-20(25(28)16-21)18-34(17-19-5-11-23(12-6-19)38-15-3-4-26(35)36)27(37)33-22-9-13-24(14-10-22)39-29(30,31)32/h5-6,9-14,20-21,25H,3-4,7-8,15-18H2,1-2H3,(H,33,37)(H,35,36). The number of hydrogen-bond acceptors (Lipinski definition) is 4. The van der Waals surface area contributed by atoms with E-state index in [4.69, 9.17) is 9.84 Å². The molecule has 10 heteroatoms. The van der Waals surface area contributed by atoms with Crippen molar-refractivity contribution in [2.24, 2.45) is 23.2 Å². The molecule has 0 aliphatic heterocycles. The van der Waals surface area contributed by atoms with Crippen LogP contribution in [0.3, 0.4) is 0 Å². The van der Waals surface area contributed by atoms with Gasteiger partial charge in [-0.3, -0.25) is 4.79 Å². The van der Waals surface area contributed by atoms with Gasteiger partial charge in [-0.25, -0.2) is 4.79 Å². The Balaban J connectivity index is 1.42. The molecule has 7 nitrogen and oxygen atoms in total. The van der Waals surface area contributed by atoms with Gasteiger partial charge in [0.1, 0.15) is 11.5 Å². The zero-order valence-corrected chi connectivity index (χ0v) is 22.2. The van der Waals surface area contributed by atoms with Gasteiger partial charge in [-0.2, -0.15) is 0 Å². The van der Waals surface area contributed by atoms with Crippen molar-refractivity contribution < 1.29 is 37.3 Å².